The number of halogens is 2. The summed E-state index contributed by atoms with van der Waals surface area (Å²) in [6.45, 7) is 1.90. The quantitative estimate of drug-likeness (QED) is 0.868. The van der Waals surface area contributed by atoms with E-state index >= 15 is 0 Å². The number of carboxylic acids is 1. The van der Waals surface area contributed by atoms with Crippen molar-refractivity contribution in [2.75, 3.05) is 0 Å². The Labute approximate surface area is 115 Å². The van der Waals surface area contributed by atoms with Crippen molar-refractivity contribution in [3.63, 3.8) is 0 Å². The molecule has 0 saturated carbocycles. The van der Waals surface area contributed by atoms with Crippen molar-refractivity contribution in [2.24, 2.45) is 0 Å². The lowest BCUT2D eigenvalue weighted by Gasteiger charge is -2.09. The average molecular weight is 281 g/mol. The lowest BCUT2D eigenvalue weighted by molar-refractivity contribution is 0.0698. The summed E-state index contributed by atoms with van der Waals surface area (Å²) in [6, 6.07) is 10.4. The molecular weight excluding hydrogens is 271 g/mol. The first-order chi connectivity index (χ1) is 8.49. The molecule has 4 heteroatoms. The zero-order valence-corrected chi connectivity index (χ0v) is 11.1. The highest BCUT2D eigenvalue weighted by Crippen LogP contribution is 2.31. The molecule has 0 radical (unpaired) electrons. The molecule has 1 N–H and O–H groups in total. The molecule has 92 valence electrons. The average Bonchev–Trinajstić information content (AvgIpc) is 2.26. The normalized spacial score (nSPS) is 10.4. The van der Waals surface area contributed by atoms with Gasteiger partial charge < -0.3 is 5.11 Å². The van der Waals surface area contributed by atoms with Crippen LogP contribution in [0, 0.1) is 6.92 Å². The number of rotatable bonds is 2. The predicted octanol–water partition coefficient (Wildman–Crippen LogP) is 4.67. The van der Waals surface area contributed by atoms with Crippen molar-refractivity contribution in [2.45, 2.75) is 6.92 Å². The Hall–Kier alpha value is -1.51. The molecule has 0 amide bonds. The minimum absolute atomic E-state index is 0.0980. The molecule has 0 spiro atoms. The van der Waals surface area contributed by atoms with Crippen LogP contribution in [0.1, 0.15) is 15.9 Å². The lowest BCUT2D eigenvalue weighted by Crippen LogP contribution is -2.00. The van der Waals surface area contributed by atoms with Crippen molar-refractivity contribution in [3.05, 3.63) is 57.6 Å². The van der Waals surface area contributed by atoms with Gasteiger partial charge in [0.25, 0.3) is 0 Å². The number of carboxylic acid groups (broad SMARTS) is 1. The van der Waals surface area contributed by atoms with Gasteiger partial charge in [-0.15, -0.1) is 0 Å². The summed E-state index contributed by atoms with van der Waals surface area (Å²) in [7, 11) is 0. The maximum Gasteiger partial charge on any atom is 0.337 e. The van der Waals surface area contributed by atoms with Gasteiger partial charge in [0.05, 0.1) is 10.6 Å². The van der Waals surface area contributed by atoms with Crippen LogP contribution in [-0.4, -0.2) is 11.1 Å². The minimum Gasteiger partial charge on any atom is -0.478 e. The standard InChI is InChI=1S/C14H10Cl2O2/c1-8-5-9(7-10(15)6-8)11-3-2-4-12(16)13(11)14(17)18/h2-7H,1H3,(H,17,18). The Morgan fingerprint density at radius 3 is 2.50 bits per heavy atom. The third-order valence-corrected chi connectivity index (χ3v) is 3.11. The topological polar surface area (TPSA) is 37.3 Å². The van der Waals surface area contributed by atoms with E-state index < -0.39 is 5.97 Å². The SMILES string of the molecule is Cc1cc(Cl)cc(-c2cccc(Cl)c2C(=O)O)c1. The fourth-order valence-electron chi connectivity index (χ4n) is 1.87. The van der Waals surface area contributed by atoms with Crippen LogP contribution in [0.2, 0.25) is 10.0 Å². The summed E-state index contributed by atoms with van der Waals surface area (Å²) < 4.78 is 0. The van der Waals surface area contributed by atoms with Crippen LogP contribution in [0.3, 0.4) is 0 Å². The van der Waals surface area contributed by atoms with Gasteiger partial charge in [-0.25, -0.2) is 4.79 Å². The van der Waals surface area contributed by atoms with E-state index in [0.717, 1.165) is 11.1 Å². The summed E-state index contributed by atoms with van der Waals surface area (Å²) >= 11 is 11.9. The van der Waals surface area contributed by atoms with E-state index in [1.165, 1.54) is 0 Å². The molecule has 0 atom stereocenters. The Bertz CT molecular complexity index is 601. The summed E-state index contributed by atoms with van der Waals surface area (Å²) in [4.78, 5) is 11.3. The molecule has 0 aliphatic rings. The van der Waals surface area contributed by atoms with Gasteiger partial charge >= 0.3 is 5.97 Å². The molecular formula is C14H10Cl2O2. The second kappa shape index (κ2) is 5.01. The van der Waals surface area contributed by atoms with E-state index in [2.05, 4.69) is 0 Å². The third-order valence-electron chi connectivity index (χ3n) is 2.58. The fourth-order valence-corrected chi connectivity index (χ4v) is 2.42. The highest BCUT2D eigenvalue weighted by molar-refractivity contribution is 6.34. The fraction of sp³-hybridized carbons (Fsp3) is 0.0714. The Balaban J connectivity index is 2.71. The first-order valence-electron chi connectivity index (χ1n) is 5.28. The molecule has 2 aromatic rings. The number of aryl methyl sites for hydroxylation is 1. The van der Waals surface area contributed by atoms with Crippen molar-refractivity contribution >= 4 is 29.2 Å². The predicted molar refractivity (Wildman–Crippen MR) is 73.6 cm³/mol. The summed E-state index contributed by atoms with van der Waals surface area (Å²) in [5, 5.41) is 10.0. The highest BCUT2D eigenvalue weighted by Gasteiger charge is 2.15. The van der Waals surface area contributed by atoms with Crippen LogP contribution < -0.4 is 0 Å². The first kappa shape index (κ1) is 12.9. The Morgan fingerprint density at radius 1 is 1.17 bits per heavy atom. The van der Waals surface area contributed by atoms with Gasteiger partial charge in [0.15, 0.2) is 0 Å². The van der Waals surface area contributed by atoms with Gasteiger partial charge in [-0.2, -0.15) is 0 Å². The molecule has 0 bridgehead atoms. The van der Waals surface area contributed by atoms with Gasteiger partial charge in [-0.1, -0.05) is 41.4 Å². The second-order valence-corrected chi connectivity index (χ2v) is 4.83. The van der Waals surface area contributed by atoms with Crippen molar-refractivity contribution in [3.8, 4) is 11.1 Å². The molecule has 2 rings (SSSR count). The van der Waals surface area contributed by atoms with Crippen molar-refractivity contribution in [1.82, 2.24) is 0 Å². The molecule has 0 heterocycles. The molecule has 0 fully saturated rings. The molecule has 18 heavy (non-hydrogen) atoms. The van der Waals surface area contributed by atoms with Crippen molar-refractivity contribution in [1.29, 1.82) is 0 Å². The number of aromatic carboxylic acids is 1. The number of hydrogen-bond acceptors (Lipinski definition) is 1. The zero-order chi connectivity index (χ0) is 13.3. The van der Waals surface area contributed by atoms with E-state index in [0.29, 0.717) is 10.6 Å². The summed E-state index contributed by atoms with van der Waals surface area (Å²) in [5.41, 5.74) is 2.38. The molecule has 0 aliphatic heterocycles. The van der Waals surface area contributed by atoms with Crippen LogP contribution in [-0.2, 0) is 0 Å². The van der Waals surface area contributed by atoms with E-state index in [-0.39, 0.29) is 10.6 Å². The van der Waals surface area contributed by atoms with Gasteiger partial charge in [0, 0.05) is 5.02 Å². The second-order valence-electron chi connectivity index (χ2n) is 3.98. The van der Waals surface area contributed by atoms with Crippen LogP contribution in [0.5, 0.6) is 0 Å². The molecule has 2 aromatic carbocycles. The van der Waals surface area contributed by atoms with Gasteiger partial charge in [0.1, 0.15) is 0 Å². The van der Waals surface area contributed by atoms with Gasteiger partial charge in [0.2, 0.25) is 0 Å². The monoisotopic (exact) mass is 280 g/mol. The van der Waals surface area contributed by atoms with Crippen LogP contribution in [0.15, 0.2) is 36.4 Å². The van der Waals surface area contributed by atoms with E-state index in [4.69, 9.17) is 23.2 Å². The largest absolute Gasteiger partial charge is 0.478 e. The molecule has 0 aliphatic carbocycles. The van der Waals surface area contributed by atoms with Crippen LogP contribution in [0.25, 0.3) is 11.1 Å². The maximum absolute atomic E-state index is 11.3. The van der Waals surface area contributed by atoms with Gasteiger partial charge in [-0.05, 0) is 41.8 Å². The summed E-state index contributed by atoms with van der Waals surface area (Å²) in [5.74, 6) is -1.05. The molecule has 2 nitrogen and oxygen atoms in total. The molecule has 0 unspecified atom stereocenters. The first-order valence-corrected chi connectivity index (χ1v) is 6.04. The van der Waals surface area contributed by atoms with E-state index in [1.54, 1.807) is 24.3 Å². The van der Waals surface area contributed by atoms with E-state index in [9.17, 15) is 9.90 Å². The molecule has 0 saturated heterocycles. The Morgan fingerprint density at radius 2 is 1.89 bits per heavy atom. The smallest absolute Gasteiger partial charge is 0.337 e. The van der Waals surface area contributed by atoms with Gasteiger partial charge in [-0.3, -0.25) is 0 Å². The maximum atomic E-state index is 11.3. The third kappa shape index (κ3) is 2.50. The van der Waals surface area contributed by atoms with Crippen LogP contribution in [0.4, 0.5) is 0 Å². The summed E-state index contributed by atoms with van der Waals surface area (Å²) in [6.07, 6.45) is 0. The molecule has 0 aromatic heterocycles. The van der Waals surface area contributed by atoms with E-state index in [1.807, 2.05) is 19.1 Å². The zero-order valence-electron chi connectivity index (χ0n) is 9.58. The number of hydrogen-bond donors (Lipinski definition) is 1. The number of carbonyl (C=O) groups is 1. The Kier molecular flexibility index (Phi) is 3.60. The lowest BCUT2D eigenvalue weighted by atomic mass is 9.98. The minimum atomic E-state index is -1.05. The number of benzene rings is 2. The van der Waals surface area contributed by atoms with Crippen LogP contribution >= 0.6 is 23.2 Å². The highest BCUT2D eigenvalue weighted by atomic mass is 35.5. The van der Waals surface area contributed by atoms with Crippen molar-refractivity contribution < 1.29 is 9.90 Å².